The second-order valence-electron chi connectivity index (χ2n) is 6.59. The number of likely N-dealkylation sites (tertiary alicyclic amines) is 1. The zero-order valence-corrected chi connectivity index (χ0v) is 14.6. The first-order valence-electron chi connectivity index (χ1n) is 8.82. The van der Waals surface area contributed by atoms with Crippen molar-refractivity contribution in [2.24, 2.45) is 0 Å². The molecule has 1 aliphatic heterocycles. The highest BCUT2D eigenvalue weighted by molar-refractivity contribution is 5.94. The lowest BCUT2D eigenvalue weighted by atomic mass is 10.00. The standard InChI is InChI=1S/C20H25N3O2/c1-15(18-4-2-3-16(13-18)14-24)22-19-7-11-23(12-8-19)20(25)17-5-9-21-10-6-17/h2-6,9-10,13,15,19,22,24H,7-8,11-12,14H2,1H3. The average molecular weight is 339 g/mol. The van der Waals surface area contributed by atoms with Crippen LogP contribution in [-0.4, -0.2) is 40.0 Å². The number of aromatic nitrogens is 1. The Hall–Kier alpha value is -2.24. The maximum absolute atomic E-state index is 12.5. The van der Waals surface area contributed by atoms with Gasteiger partial charge in [-0.1, -0.05) is 24.3 Å². The highest BCUT2D eigenvalue weighted by Gasteiger charge is 2.24. The molecule has 1 saturated heterocycles. The molecule has 25 heavy (non-hydrogen) atoms. The molecule has 2 heterocycles. The Balaban J connectivity index is 1.53. The van der Waals surface area contributed by atoms with Gasteiger partial charge in [0.05, 0.1) is 6.61 Å². The van der Waals surface area contributed by atoms with Crippen molar-refractivity contribution in [1.82, 2.24) is 15.2 Å². The Morgan fingerprint density at radius 2 is 2.00 bits per heavy atom. The van der Waals surface area contributed by atoms with Crippen LogP contribution in [0.15, 0.2) is 48.8 Å². The summed E-state index contributed by atoms with van der Waals surface area (Å²) < 4.78 is 0. The van der Waals surface area contributed by atoms with Gasteiger partial charge in [0, 0.05) is 43.1 Å². The SMILES string of the molecule is CC(NC1CCN(C(=O)c2ccncc2)CC1)c1cccc(CO)c1. The number of aliphatic hydroxyl groups excluding tert-OH is 1. The van der Waals surface area contributed by atoms with Crippen molar-refractivity contribution in [3.8, 4) is 0 Å². The molecule has 1 unspecified atom stereocenters. The lowest BCUT2D eigenvalue weighted by Gasteiger charge is -2.34. The fourth-order valence-electron chi connectivity index (χ4n) is 3.34. The van der Waals surface area contributed by atoms with E-state index in [0.717, 1.165) is 31.5 Å². The van der Waals surface area contributed by atoms with Gasteiger partial charge in [0.1, 0.15) is 0 Å². The zero-order chi connectivity index (χ0) is 17.6. The van der Waals surface area contributed by atoms with Crippen LogP contribution in [-0.2, 0) is 6.61 Å². The third kappa shape index (κ3) is 4.44. The van der Waals surface area contributed by atoms with Gasteiger partial charge in [0.2, 0.25) is 0 Å². The zero-order valence-electron chi connectivity index (χ0n) is 14.6. The predicted molar refractivity (Wildman–Crippen MR) is 97.1 cm³/mol. The largest absolute Gasteiger partial charge is 0.392 e. The molecule has 2 aromatic rings. The van der Waals surface area contributed by atoms with Crippen molar-refractivity contribution >= 4 is 5.91 Å². The molecule has 5 heteroatoms. The lowest BCUT2D eigenvalue weighted by molar-refractivity contribution is 0.0702. The number of carbonyl (C=O) groups is 1. The first kappa shape index (κ1) is 17.6. The van der Waals surface area contributed by atoms with Crippen LogP contribution in [0.25, 0.3) is 0 Å². The number of pyridine rings is 1. The number of hydrogen-bond acceptors (Lipinski definition) is 4. The van der Waals surface area contributed by atoms with Gasteiger partial charge in [-0.05, 0) is 43.0 Å². The second-order valence-corrected chi connectivity index (χ2v) is 6.59. The van der Waals surface area contributed by atoms with Crippen LogP contribution in [0.1, 0.15) is 47.3 Å². The number of amides is 1. The fourth-order valence-corrected chi connectivity index (χ4v) is 3.34. The van der Waals surface area contributed by atoms with Crippen LogP contribution in [0.5, 0.6) is 0 Å². The minimum atomic E-state index is 0.0655. The third-order valence-electron chi connectivity index (χ3n) is 4.83. The summed E-state index contributed by atoms with van der Waals surface area (Å²) in [4.78, 5) is 18.4. The predicted octanol–water partition coefficient (Wildman–Crippen LogP) is 2.53. The third-order valence-corrected chi connectivity index (χ3v) is 4.83. The number of piperidine rings is 1. The molecule has 1 atom stereocenters. The van der Waals surface area contributed by atoms with E-state index >= 15 is 0 Å². The summed E-state index contributed by atoms with van der Waals surface area (Å²) in [6.07, 6.45) is 5.20. The molecule has 1 aliphatic rings. The van der Waals surface area contributed by atoms with Crippen LogP contribution in [0.3, 0.4) is 0 Å². The molecule has 1 amide bonds. The first-order valence-corrected chi connectivity index (χ1v) is 8.82. The van der Waals surface area contributed by atoms with Crippen LogP contribution in [0.4, 0.5) is 0 Å². The van der Waals surface area contributed by atoms with Crippen molar-refractivity contribution in [3.05, 3.63) is 65.5 Å². The van der Waals surface area contributed by atoms with Gasteiger partial charge in [-0.3, -0.25) is 9.78 Å². The van der Waals surface area contributed by atoms with Crippen LogP contribution < -0.4 is 5.32 Å². The number of benzene rings is 1. The Kier molecular flexibility index (Phi) is 5.79. The highest BCUT2D eigenvalue weighted by atomic mass is 16.3. The number of nitrogens with zero attached hydrogens (tertiary/aromatic N) is 2. The van der Waals surface area contributed by atoms with Crippen molar-refractivity contribution in [2.45, 2.75) is 38.5 Å². The Bertz CT molecular complexity index is 697. The van der Waals surface area contributed by atoms with E-state index in [-0.39, 0.29) is 18.6 Å². The minimum Gasteiger partial charge on any atom is -0.392 e. The number of hydrogen-bond donors (Lipinski definition) is 2. The van der Waals surface area contributed by atoms with E-state index in [1.54, 1.807) is 24.5 Å². The van der Waals surface area contributed by atoms with Crippen molar-refractivity contribution in [2.75, 3.05) is 13.1 Å². The van der Waals surface area contributed by atoms with Gasteiger partial charge >= 0.3 is 0 Å². The number of nitrogens with one attached hydrogen (secondary N) is 1. The van der Waals surface area contributed by atoms with E-state index in [4.69, 9.17) is 0 Å². The maximum Gasteiger partial charge on any atom is 0.253 e. The van der Waals surface area contributed by atoms with Gasteiger partial charge in [0.25, 0.3) is 5.91 Å². The Morgan fingerprint density at radius 3 is 2.68 bits per heavy atom. The molecular formula is C20H25N3O2. The Morgan fingerprint density at radius 1 is 1.28 bits per heavy atom. The smallest absolute Gasteiger partial charge is 0.253 e. The lowest BCUT2D eigenvalue weighted by Crippen LogP contribution is -2.45. The molecule has 0 radical (unpaired) electrons. The molecule has 0 spiro atoms. The molecule has 1 aromatic heterocycles. The van der Waals surface area contributed by atoms with Gasteiger partial charge in [-0.25, -0.2) is 0 Å². The molecule has 1 fully saturated rings. The summed E-state index contributed by atoms with van der Waals surface area (Å²) >= 11 is 0. The van der Waals surface area contributed by atoms with Gasteiger partial charge in [-0.2, -0.15) is 0 Å². The second kappa shape index (κ2) is 8.23. The Labute approximate surface area is 148 Å². The monoisotopic (exact) mass is 339 g/mol. The molecule has 5 nitrogen and oxygen atoms in total. The van der Waals surface area contributed by atoms with E-state index < -0.39 is 0 Å². The van der Waals surface area contributed by atoms with Gasteiger partial charge < -0.3 is 15.3 Å². The van der Waals surface area contributed by atoms with E-state index in [1.165, 1.54) is 5.56 Å². The molecule has 3 rings (SSSR count). The summed E-state index contributed by atoms with van der Waals surface area (Å²) in [5.74, 6) is 0.0875. The summed E-state index contributed by atoms with van der Waals surface area (Å²) in [7, 11) is 0. The summed E-state index contributed by atoms with van der Waals surface area (Å²) in [6, 6.07) is 12.2. The molecule has 1 aromatic carbocycles. The topological polar surface area (TPSA) is 65.5 Å². The summed E-state index contributed by atoms with van der Waals surface area (Å²) in [5, 5.41) is 12.9. The highest BCUT2D eigenvalue weighted by Crippen LogP contribution is 2.19. The van der Waals surface area contributed by atoms with Gasteiger partial charge in [0.15, 0.2) is 0 Å². The summed E-state index contributed by atoms with van der Waals surface area (Å²) in [6.45, 7) is 3.74. The van der Waals surface area contributed by atoms with Crippen molar-refractivity contribution < 1.29 is 9.90 Å². The quantitative estimate of drug-likeness (QED) is 0.878. The van der Waals surface area contributed by atoms with E-state index in [2.05, 4.69) is 23.3 Å². The van der Waals surface area contributed by atoms with Crippen molar-refractivity contribution in [1.29, 1.82) is 0 Å². The van der Waals surface area contributed by atoms with Crippen molar-refractivity contribution in [3.63, 3.8) is 0 Å². The fraction of sp³-hybridized carbons (Fsp3) is 0.400. The molecule has 132 valence electrons. The molecular weight excluding hydrogens is 314 g/mol. The van der Waals surface area contributed by atoms with Crippen LogP contribution in [0, 0.1) is 0 Å². The minimum absolute atomic E-state index is 0.0655. The first-order chi connectivity index (χ1) is 12.2. The number of carbonyl (C=O) groups excluding carboxylic acids is 1. The normalized spacial score (nSPS) is 16.6. The number of aliphatic hydroxyl groups is 1. The summed E-state index contributed by atoms with van der Waals surface area (Å²) in [5.41, 5.74) is 2.82. The van der Waals surface area contributed by atoms with Gasteiger partial charge in [-0.15, -0.1) is 0 Å². The molecule has 0 aliphatic carbocycles. The average Bonchev–Trinajstić information content (AvgIpc) is 2.68. The van der Waals surface area contributed by atoms with Crippen LogP contribution in [0.2, 0.25) is 0 Å². The van der Waals surface area contributed by atoms with E-state index in [0.29, 0.717) is 11.6 Å². The van der Waals surface area contributed by atoms with Crippen LogP contribution >= 0.6 is 0 Å². The molecule has 2 N–H and O–H groups in total. The van der Waals surface area contributed by atoms with E-state index in [9.17, 15) is 9.90 Å². The number of rotatable bonds is 5. The van der Waals surface area contributed by atoms with E-state index in [1.807, 2.05) is 23.1 Å². The molecule has 0 saturated carbocycles. The molecule has 0 bridgehead atoms. The maximum atomic E-state index is 12.5.